The summed E-state index contributed by atoms with van der Waals surface area (Å²) in [5.74, 6) is 0.177. The van der Waals surface area contributed by atoms with Gasteiger partial charge in [0.05, 0.1) is 10.6 Å². The van der Waals surface area contributed by atoms with Crippen molar-refractivity contribution in [3.63, 3.8) is 0 Å². The van der Waals surface area contributed by atoms with Crippen molar-refractivity contribution in [2.24, 2.45) is 0 Å². The lowest BCUT2D eigenvalue weighted by atomic mass is 10.2. The number of nitrogens with one attached hydrogen (secondary N) is 1. The van der Waals surface area contributed by atoms with Crippen molar-refractivity contribution in [3.05, 3.63) is 29.8 Å². The van der Waals surface area contributed by atoms with Gasteiger partial charge in [0.25, 0.3) is 0 Å². The van der Waals surface area contributed by atoms with Gasteiger partial charge >= 0.3 is 0 Å². The quantitative estimate of drug-likeness (QED) is 0.694. The van der Waals surface area contributed by atoms with Gasteiger partial charge in [0.15, 0.2) is 0 Å². The molecule has 21 heavy (non-hydrogen) atoms. The molecule has 0 amide bonds. The first-order valence-corrected chi connectivity index (χ1v) is 9.86. The van der Waals surface area contributed by atoms with Crippen LogP contribution in [0.3, 0.4) is 0 Å². The molecule has 1 rings (SSSR count). The molecule has 6 nitrogen and oxygen atoms in total. The van der Waals surface area contributed by atoms with Crippen molar-refractivity contribution in [2.45, 2.75) is 11.3 Å². The highest BCUT2D eigenvalue weighted by molar-refractivity contribution is 7.90. The van der Waals surface area contributed by atoms with Crippen LogP contribution in [-0.4, -0.2) is 53.4 Å². The number of rotatable bonds is 8. The molecule has 0 aliphatic carbocycles. The molecular weight excluding hydrogens is 336 g/mol. The summed E-state index contributed by atoms with van der Waals surface area (Å²) in [5.41, 5.74) is 0.944. The average Bonchev–Trinajstić information content (AvgIpc) is 2.39. The van der Waals surface area contributed by atoms with Crippen LogP contribution in [0.15, 0.2) is 29.2 Å². The van der Waals surface area contributed by atoms with Crippen molar-refractivity contribution in [1.82, 2.24) is 9.03 Å². The first-order chi connectivity index (χ1) is 9.69. The summed E-state index contributed by atoms with van der Waals surface area (Å²) in [6, 6.07) is 6.33. The molecule has 0 fully saturated rings. The molecule has 0 aliphatic heterocycles. The lowest BCUT2D eigenvalue weighted by Crippen LogP contribution is -2.33. The molecule has 0 aliphatic rings. The van der Waals surface area contributed by atoms with E-state index in [1.165, 1.54) is 26.2 Å². The topological polar surface area (TPSA) is 83.6 Å². The summed E-state index contributed by atoms with van der Waals surface area (Å²) < 4.78 is 50.5. The SMILES string of the molecule is CN(C)S(=O)(=O)CCNS(=O)(=O)c1ccc(CCCl)cc1. The van der Waals surface area contributed by atoms with Gasteiger partial charge in [-0.25, -0.2) is 25.9 Å². The summed E-state index contributed by atoms with van der Waals surface area (Å²) >= 11 is 5.61. The van der Waals surface area contributed by atoms with Crippen molar-refractivity contribution in [3.8, 4) is 0 Å². The van der Waals surface area contributed by atoms with E-state index in [0.29, 0.717) is 12.3 Å². The average molecular weight is 355 g/mol. The van der Waals surface area contributed by atoms with Gasteiger partial charge in [0.1, 0.15) is 0 Å². The fraction of sp³-hybridized carbons (Fsp3) is 0.500. The second-order valence-corrected chi connectivity index (χ2v) is 9.03. The minimum Gasteiger partial charge on any atom is -0.212 e. The maximum atomic E-state index is 12.0. The summed E-state index contributed by atoms with van der Waals surface area (Å²) in [6.45, 7) is -0.174. The van der Waals surface area contributed by atoms with E-state index < -0.39 is 20.0 Å². The van der Waals surface area contributed by atoms with E-state index in [1.807, 2.05) is 0 Å². The Hall–Kier alpha value is -0.670. The number of hydrogen-bond donors (Lipinski definition) is 1. The van der Waals surface area contributed by atoms with Gasteiger partial charge in [0.2, 0.25) is 20.0 Å². The highest BCUT2D eigenvalue weighted by atomic mass is 35.5. The Labute approximate surface area is 131 Å². The largest absolute Gasteiger partial charge is 0.240 e. The Bertz CT molecular complexity index is 655. The number of halogens is 1. The zero-order chi connectivity index (χ0) is 16.1. The van der Waals surface area contributed by atoms with Crippen LogP contribution in [0.25, 0.3) is 0 Å². The third-order valence-electron chi connectivity index (χ3n) is 2.83. The van der Waals surface area contributed by atoms with Crippen LogP contribution in [0.2, 0.25) is 0 Å². The number of hydrogen-bond acceptors (Lipinski definition) is 4. The smallest absolute Gasteiger partial charge is 0.212 e. The summed E-state index contributed by atoms with van der Waals surface area (Å²) in [7, 11) is -4.33. The van der Waals surface area contributed by atoms with Crippen molar-refractivity contribution < 1.29 is 16.8 Å². The van der Waals surface area contributed by atoms with E-state index in [2.05, 4.69) is 4.72 Å². The molecule has 0 aromatic heterocycles. The number of benzene rings is 1. The predicted octanol–water partition coefficient (Wildman–Crippen LogP) is 0.638. The number of nitrogens with zero attached hydrogens (tertiary/aromatic N) is 1. The maximum Gasteiger partial charge on any atom is 0.240 e. The fourth-order valence-electron chi connectivity index (χ4n) is 1.52. The lowest BCUT2D eigenvalue weighted by Gasteiger charge is -2.12. The predicted molar refractivity (Wildman–Crippen MR) is 83.5 cm³/mol. The van der Waals surface area contributed by atoms with Crippen molar-refractivity contribution >= 4 is 31.6 Å². The van der Waals surface area contributed by atoms with Crippen LogP contribution in [0, 0.1) is 0 Å². The van der Waals surface area contributed by atoms with E-state index in [0.717, 1.165) is 9.87 Å². The number of aryl methyl sites for hydroxylation is 1. The normalized spacial score (nSPS) is 12.8. The monoisotopic (exact) mass is 354 g/mol. The zero-order valence-corrected chi connectivity index (χ0v) is 14.3. The molecule has 0 atom stereocenters. The molecule has 0 radical (unpaired) electrons. The van der Waals surface area contributed by atoms with Gasteiger partial charge in [-0.1, -0.05) is 12.1 Å². The molecule has 0 heterocycles. The molecule has 0 spiro atoms. The zero-order valence-electron chi connectivity index (χ0n) is 11.9. The molecule has 1 aromatic carbocycles. The van der Waals surface area contributed by atoms with Crippen LogP contribution in [0.4, 0.5) is 0 Å². The van der Waals surface area contributed by atoms with E-state index in [4.69, 9.17) is 11.6 Å². The van der Waals surface area contributed by atoms with Gasteiger partial charge in [-0.15, -0.1) is 11.6 Å². The molecular formula is C12H19ClN2O4S2. The molecule has 0 unspecified atom stereocenters. The molecule has 0 saturated carbocycles. The Morgan fingerprint density at radius 3 is 2.14 bits per heavy atom. The van der Waals surface area contributed by atoms with Crippen LogP contribution < -0.4 is 4.72 Å². The minimum absolute atomic E-state index is 0.100. The first-order valence-electron chi connectivity index (χ1n) is 6.24. The van der Waals surface area contributed by atoms with Gasteiger partial charge in [-0.2, -0.15) is 0 Å². The first kappa shape index (κ1) is 18.4. The van der Waals surface area contributed by atoms with E-state index >= 15 is 0 Å². The highest BCUT2D eigenvalue weighted by Gasteiger charge is 2.17. The van der Waals surface area contributed by atoms with Crippen LogP contribution in [-0.2, 0) is 26.5 Å². The number of alkyl halides is 1. The summed E-state index contributed by atoms with van der Waals surface area (Å²) in [5, 5.41) is 0. The fourth-order valence-corrected chi connectivity index (χ4v) is 3.62. The second kappa shape index (κ2) is 7.55. The molecule has 0 saturated heterocycles. The van der Waals surface area contributed by atoms with Gasteiger partial charge in [0, 0.05) is 26.5 Å². The minimum atomic E-state index is -3.71. The Morgan fingerprint density at radius 1 is 1.10 bits per heavy atom. The van der Waals surface area contributed by atoms with Crippen LogP contribution in [0.1, 0.15) is 5.56 Å². The Morgan fingerprint density at radius 2 is 1.67 bits per heavy atom. The molecule has 1 N–H and O–H groups in total. The van der Waals surface area contributed by atoms with E-state index in [1.54, 1.807) is 12.1 Å². The molecule has 120 valence electrons. The Balaban J connectivity index is 2.69. The van der Waals surface area contributed by atoms with Crippen LogP contribution in [0.5, 0.6) is 0 Å². The summed E-state index contributed by atoms with van der Waals surface area (Å²) in [4.78, 5) is 0.100. The lowest BCUT2D eigenvalue weighted by molar-refractivity contribution is 0.519. The Kier molecular flexibility index (Phi) is 6.61. The number of sulfonamides is 2. The van der Waals surface area contributed by atoms with Gasteiger partial charge in [-0.05, 0) is 24.1 Å². The second-order valence-electron chi connectivity index (χ2n) is 4.58. The van der Waals surface area contributed by atoms with Gasteiger partial charge < -0.3 is 0 Å². The van der Waals surface area contributed by atoms with E-state index in [-0.39, 0.29) is 17.2 Å². The van der Waals surface area contributed by atoms with Crippen molar-refractivity contribution in [2.75, 3.05) is 32.3 Å². The molecule has 1 aromatic rings. The molecule has 9 heteroatoms. The maximum absolute atomic E-state index is 12.0. The van der Waals surface area contributed by atoms with Crippen LogP contribution >= 0.6 is 11.6 Å². The van der Waals surface area contributed by atoms with Gasteiger partial charge in [-0.3, -0.25) is 0 Å². The third-order valence-corrected chi connectivity index (χ3v) is 6.32. The third kappa shape index (κ3) is 5.55. The summed E-state index contributed by atoms with van der Waals surface area (Å²) in [6.07, 6.45) is 0.663. The van der Waals surface area contributed by atoms with Crippen molar-refractivity contribution in [1.29, 1.82) is 0 Å². The molecule has 0 bridgehead atoms. The standard InChI is InChI=1S/C12H19ClN2O4S2/c1-15(2)20(16,17)10-9-14-21(18,19)12-5-3-11(4-6-12)7-8-13/h3-6,14H,7-10H2,1-2H3. The highest BCUT2D eigenvalue weighted by Crippen LogP contribution is 2.11. The van der Waals surface area contributed by atoms with E-state index in [9.17, 15) is 16.8 Å².